The molecular formula is C28H29N3O3. The van der Waals surface area contributed by atoms with E-state index in [0.717, 1.165) is 33.3 Å². The predicted molar refractivity (Wildman–Crippen MR) is 137 cm³/mol. The van der Waals surface area contributed by atoms with Gasteiger partial charge in [0.05, 0.1) is 25.3 Å². The van der Waals surface area contributed by atoms with Gasteiger partial charge in [0.15, 0.2) is 11.5 Å². The van der Waals surface area contributed by atoms with Gasteiger partial charge in [0.25, 0.3) is 5.91 Å². The zero-order valence-corrected chi connectivity index (χ0v) is 19.9. The lowest BCUT2D eigenvalue weighted by Crippen LogP contribution is -2.26. The highest BCUT2D eigenvalue weighted by Crippen LogP contribution is 2.28. The number of pyridine rings is 1. The Morgan fingerprint density at radius 2 is 1.62 bits per heavy atom. The number of benzene rings is 3. The minimum Gasteiger partial charge on any atom is -0.493 e. The number of nitrogens with zero attached hydrogens (tertiary/aromatic N) is 1. The maximum absolute atomic E-state index is 13.2. The molecule has 0 fully saturated rings. The van der Waals surface area contributed by atoms with Crippen LogP contribution in [0.2, 0.25) is 0 Å². The molecule has 0 aliphatic carbocycles. The Kier molecular flexibility index (Phi) is 6.97. The third-order valence-electron chi connectivity index (χ3n) is 5.60. The molecular weight excluding hydrogens is 426 g/mol. The first-order valence-corrected chi connectivity index (χ1v) is 11.2. The maximum atomic E-state index is 13.2. The Bertz CT molecular complexity index is 1310. The lowest BCUT2D eigenvalue weighted by atomic mass is 10.1. The highest BCUT2D eigenvalue weighted by Gasteiger charge is 2.13. The largest absolute Gasteiger partial charge is 0.493 e. The quantitative estimate of drug-likeness (QED) is 0.363. The molecule has 0 aliphatic heterocycles. The summed E-state index contributed by atoms with van der Waals surface area (Å²) in [5.74, 6) is 1.85. The molecule has 1 heterocycles. The number of carbonyl (C=O) groups excluding carboxylic acids is 1. The number of para-hydroxylation sites is 1. The molecule has 1 aromatic heterocycles. The Morgan fingerprint density at radius 1 is 0.882 bits per heavy atom. The van der Waals surface area contributed by atoms with Gasteiger partial charge in [-0.1, -0.05) is 30.3 Å². The molecule has 0 atom stereocenters. The van der Waals surface area contributed by atoms with E-state index in [1.54, 1.807) is 14.2 Å². The number of hydrogen-bond donors (Lipinski definition) is 2. The normalized spacial score (nSPS) is 10.7. The molecule has 0 aliphatic rings. The van der Waals surface area contributed by atoms with Crippen molar-refractivity contribution in [1.82, 2.24) is 10.3 Å². The van der Waals surface area contributed by atoms with Crippen molar-refractivity contribution in [3.05, 3.63) is 89.0 Å². The lowest BCUT2D eigenvalue weighted by Gasteiger charge is -2.13. The number of aromatic nitrogens is 1. The number of anilines is 2. The first-order chi connectivity index (χ1) is 16.5. The first kappa shape index (κ1) is 23.1. The summed E-state index contributed by atoms with van der Waals surface area (Å²) in [7, 11) is 3.22. The second kappa shape index (κ2) is 10.3. The molecule has 0 saturated heterocycles. The number of ether oxygens (including phenoxy) is 2. The number of amides is 1. The van der Waals surface area contributed by atoms with Crippen LogP contribution < -0.4 is 20.1 Å². The molecule has 174 valence electrons. The van der Waals surface area contributed by atoms with Crippen molar-refractivity contribution in [2.75, 3.05) is 26.1 Å². The van der Waals surface area contributed by atoms with Gasteiger partial charge in [-0.15, -0.1) is 0 Å². The summed E-state index contributed by atoms with van der Waals surface area (Å²) in [4.78, 5) is 17.9. The van der Waals surface area contributed by atoms with Crippen LogP contribution in [0.5, 0.6) is 11.5 Å². The van der Waals surface area contributed by atoms with Gasteiger partial charge in [-0.05, 0) is 73.4 Å². The van der Waals surface area contributed by atoms with Crippen LogP contribution in [0.3, 0.4) is 0 Å². The molecule has 1 amide bonds. The Morgan fingerprint density at radius 3 is 2.35 bits per heavy atom. The van der Waals surface area contributed by atoms with Crippen LogP contribution in [0.1, 0.15) is 27.0 Å². The van der Waals surface area contributed by atoms with Crippen LogP contribution >= 0.6 is 0 Å². The average Bonchev–Trinajstić information content (AvgIpc) is 2.82. The molecule has 34 heavy (non-hydrogen) atoms. The zero-order chi connectivity index (χ0) is 24.1. The van der Waals surface area contributed by atoms with Gasteiger partial charge >= 0.3 is 0 Å². The van der Waals surface area contributed by atoms with E-state index in [1.165, 1.54) is 0 Å². The summed E-state index contributed by atoms with van der Waals surface area (Å²) in [6.45, 7) is 4.61. The van der Waals surface area contributed by atoms with Gasteiger partial charge in [-0.3, -0.25) is 4.79 Å². The van der Waals surface area contributed by atoms with Gasteiger partial charge in [0.1, 0.15) is 5.82 Å². The third kappa shape index (κ3) is 5.29. The van der Waals surface area contributed by atoms with E-state index < -0.39 is 0 Å². The van der Waals surface area contributed by atoms with Crippen LogP contribution in [0, 0.1) is 13.8 Å². The van der Waals surface area contributed by atoms with Crippen LogP contribution in [0.4, 0.5) is 11.5 Å². The zero-order valence-electron chi connectivity index (χ0n) is 19.9. The van der Waals surface area contributed by atoms with Gasteiger partial charge in [-0.25, -0.2) is 4.98 Å². The van der Waals surface area contributed by atoms with E-state index in [1.807, 2.05) is 48.5 Å². The topological polar surface area (TPSA) is 72.5 Å². The summed E-state index contributed by atoms with van der Waals surface area (Å²) in [5.41, 5.74) is 5.68. The highest BCUT2D eigenvalue weighted by atomic mass is 16.5. The molecule has 2 N–H and O–H groups in total. The molecule has 4 aromatic rings. The summed E-state index contributed by atoms with van der Waals surface area (Å²) < 4.78 is 10.7. The molecule has 0 unspecified atom stereocenters. The Labute approximate surface area is 199 Å². The maximum Gasteiger partial charge on any atom is 0.252 e. The van der Waals surface area contributed by atoms with Crippen LogP contribution in [0.15, 0.2) is 66.7 Å². The van der Waals surface area contributed by atoms with E-state index in [4.69, 9.17) is 14.5 Å². The fraction of sp³-hybridized carbons (Fsp3) is 0.214. The monoisotopic (exact) mass is 455 g/mol. The molecule has 3 aromatic carbocycles. The Hall–Kier alpha value is -4.06. The summed E-state index contributed by atoms with van der Waals surface area (Å²) in [6, 6.07) is 21.5. The number of methoxy groups -OCH3 is 2. The van der Waals surface area contributed by atoms with Crippen molar-refractivity contribution in [3.63, 3.8) is 0 Å². The summed E-state index contributed by atoms with van der Waals surface area (Å²) in [6.07, 6.45) is 0.669. The number of hydrogen-bond acceptors (Lipinski definition) is 5. The molecule has 0 saturated carbocycles. The van der Waals surface area contributed by atoms with Crippen molar-refractivity contribution in [3.8, 4) is 11.5 Å². The number of rotatable bonds is 8. The highest BCUT2D eigenvalue weighted by molar-refractivity contribution is 6.07. The van der Waals surface area contributed by atoms with E-state index >= 15 is 0 Å². The van der Waals surface area contributed by atoms with Crippen LogP contribution in [-0.4, -0.2) is 31.7 Å². The van der Waals surface area contributed by atoms with Crippen LogP contribution in [-0.2, 0) is 6.42 Å². The second-order valence-corrected chi connectivity index (χ2v) is 8.27. The molecule has 6 nitrogen and oxygen atoms in total. The Balaban J connectivity index is 1.53. The lowest BCUT2D eigenvalue weighted by molar-refractivity contribution is 0.0955. The van der Waals surface area contributed by atoms with Crippen molar-refractivity contribution < 1.29 is 14.3 Å². The fourth-order valence-corrected chi connectivity index (χ4v) is 4.07. The summed E-state index contributed by atoms with van der Waals surface area (Å²) in [5, 5.41) is 7.23. The molecule has 0 spiro atoms. The molecule has 0 bridgehead atoms. The second-order valence-electron chi connectivity index (χ2n) is 8.27. The number of carbonyl (C=O) groups is 1. The van der Waals surface area contributed by atoms with Crippen molar-refractivity contribution in [1.29, 1.82) is 0 Å². The molecule has 6 heteroatoms. The van der Waals surface area contributed by atoms with Crippen molar-refractivity contribution in [2.24, 2.45) is 0 Å². The SMILES string of the molecule is COc1ccc(CCNC(=O)c2cc(Nc3cc(C)cc(C)c3)nc3ccccc23)cc1OC. The minimum atomic E-state index is -0.137. The van der Waals surface area contributed by atoms with Crippen molar-refractivity contribution >= 4 is 28.3 Å². The molecule has 0 radical (unpaired) electrons. The van der Waals surface area contributed by atoms with Crippen molar-refractivity contribution in [2.45, 2.75) is 20.3 Å². The number of fused-ring (bicyclic) bond motifs is 1. The van der Waals surface area contributed by atoms with E-state index in [-0.39, 0.29) is 5.91 Å². The number of nitrogens with one attached hydrogen (secondary N) is 2. The van der Waals surface area contributed by atoms with E-state index in [0.29, 0.717) is 35.8 Å². The van der Waals surface area contributed by atoms with E-state index in [9.17, 15) is 4.79 Å². The van der Waals surface area contributed by atoms with Gasteiger partial charge in [0.2, 0.25) is 0 Å². The van der Waals surface area contributed by atoms with Crippen LogP contribution in [0.25, 0.3) is 10.9 Å². The van der Waals surface area contributed by atoms with Gasteiger partial charge < -0.3 is 20.1 Å². The standard InChI is InChI=1S/C28H29N3O3/c1-18-13-19(2)15-21(14-18)30-27-17-23(22-7-5-6-8-24(22)31-27)28(32)29-12-11-20-9-10-25(33-3)26(16-20)34-4/h5-10,13-17H,11-12H2,1-4H3,(H,29,32)(H,30,31). The first-order valence-electron chi connectivity index (χ1n) is 11.2. The minimum absolute atomic E-state index is 0.137. The predicted octanol–water partition coefficient (Wildman–Crippen LogP) is 5.58. The van der Waals surface area contributed by atoms with Gasteiger partial charge in [-0.2, -0.15) is 0 Å². The third-order valence-corrected chi connectivity index (χ3v) is 5.60. The smallest absolute Gasteiger partial charge is 0.252 e. The van der Waals surface area contributed by atoms with E-state index in [2.05, 4.69) is 42.7 Å². The average molecular weight is 456 g/mol. The molecule has 4 rings (SSSR count). The number of aryl methyl sites for hydroxylation is 2. The van der Waals surface area contributed by atoms with Gasteiger partial charge in [0, 0.05) is 17.6 Å². The summed E-state index contributed by atoms with van der Waals surface area (Å²) >= 11 is 0. The fourth-order valence-electron chi connectivity index (χ4n) is 4.07.